The van der Waals surface area contributed by atoms with E-state index < -0.39 is 41.8 Å². The van der Waals surface area contributed by atoms with Crippen molar-refractivity contribution >= 4 is 29.3 Å². The van der Waals surface area contributed by atoms with E-state index >= 15 is 0 Å². The van der Waals surface area contributed by atoms with Crippen molar-refractivity contribution < 1.29 is 39.0 Å². The molecular formula is C29H41N5O8. The minimum Gasteiger partial charge on any atom is -0.382 e. The number of hydrogen-bond donors (Lipinski definition) is 7. The van der Waals surface area contributed by atoms with Gasteiger partial charge in [0.2, 0.25) is 11.8 Å². The molecule has 0 aliphatic carbocycles. The average molecular weight is 588 g/mol. The van der Waals surface area contributed by atoms with Crippen LogP contribution in [-0.2, 0) is 30.3 Å². The van der Waals surface area contributed by atoms with Crippen LogP contribution in [0.5, 0.6) is 0 Å². The Morgan fingerprint density at radius 2 is 1.64 bits per heavy atom. The Kier molecular flexibility index (Phi) is 15.1. The van der Waals surface area contributed by atoms with Crippen molar-refractivity contribution in [1.29, 1.82) is 0 Å². The average Bonchev–Trinajstić information content (AvgIpc) is 2.97. The van der Waals surface area contributed by atoms with E-state index in [-0.39, 0.29) is 44.5 Å². The zero-order valence-electron chi connectivity index (χ0n) is 23.9. The highest BCUT2D eigenvalue weighted by Crippen LogP contribution is 2.11. The maximum Gasteiger partial charge on any atom is 0.274 e. The second kappa shape index (κ2) is 18.5. The Morgan fingerprint density at radius 3 is 2.33 bits per heavy atom. The number of amides is 4. The molecule has 2 aromatic rings. The molecule has 0 saturated carbocycles. The molecule has 0 heterocycles. The number of aliphatic hydroxyl groups excluding tert-OH is 1. The van der Waals surface area contributed by atoms with Gasteiger partial charge in [0, 0.05) is 23.8 Å². The Balaban J connectivity index is 1.66. The van der Waals surface area contributed by atoms with E-state index in [4.69, 9.17) is 20.4 Å². The molecule has 0 aliphatic heterocycles. The standard InChI is InChI=1S/C29H41N5O8/c1-19(2)15-24(33-29(39)26(36)23(30)16-20-7-4-3-5-8-20)28(38)31-11-12-41-13-14-42-18-25(35)32-22-10-6-9-21(17-22)27(37)34-40/h3-10,17,19,23-24,26,36,40H,11-16,18,30H2,1-2H3,(H,31,38)(H,32,35)(H,33,39)(H,34,37). The van der Waals surface area contributed by atoms with Gasteiger partial charge in [-0.25, -0.2) is 5.48 Å². The van der Waals surface area contributed by atoms with E-state index in [2.05, 4.69) is 16.0 Å². The van der Waals surface area contributed by atoms with Crippen molar-refractivity contribution in [3.8, 4) is 0 Å². The number of benzene rings is 2. The monoisotopic (exact) mass is 587 g/mol. The molecule has 13 heteroatoms. The Morgan fingerprint density at radius 1 is 0.929 bits per heavy atom. The summed E-state index contributed by atoms with van der Waals surface area (Å²) in [5.41, 5.74) is 9.00. The molecular weight excluding hydrogens is 546 g/mol. The Labute approximate surface area is 245 Å². The van der Waals surface area contributed by atoms with Gasteiger partial charge in [0.15, 0.2) is 0 Å². The summed E-state index contributed by atoms with van der Waals surface area (Å²) in [5, 5.41) is 27.0. The summed E-state index contributed by atoms with van der Waals surface area (Å²) < 4.78 is 10.7. The molecule has 2 aromatic carbocycles. The quantitative estimate of drug-likeness (QED) is 0.0730. The molecule has 42 heavy (non-hydrogen) atoms. The molecule has 3 unspecified atom stereocenters. The molecule has 0 aromatic heterocycles. The largest absolute Gasteiger partial charge is 0.382 e. The van der Waals surface area contributed by atoms with Crippen LogP contribution in [0.3, 0.4) is 0 Å². The van der Waals surface area contributed by atoms with Gasteiger partial charge in [-0.2, -0.15) is 0 Å². The van der Waals surface area contributed by atoms with Crippen molar-refractivity contribution in [2.45, 2.75) is 44.9 Å². The van der Waals surface area contributed by atoms with Gasteiger partial charge < -0.3 is 36.3 Å². The van der Waals surface area contributed by atoms with Gasteiger partial charge in [0.05, 0.1) is 19.8 Å². The lowest BCUT2D eigenvalue weighted by atomic mass is 10.00. The number of nitrogens with two attached hydrogens (primary N) is 1. The maximum atomic E-state index is 12.7. The van der Waals surface area contributed by atoms with Crippen LogP contribution in [-0.4, -0.2) is 85.1 Å². The smallest absolute Gasteiger partial charge is 0.274 e. The number of nitrogens with one attached hydrogen (secondary N) is 4. The SMILES string of the molecule is CC(C)CC(NC(=O)C(O)C(N)Cc1ccccc1)C(=O)NCCOCCOCC(=O)Nc1cccc(C(=O)NO)c1. The molecule has 2 rings (SSSR count). The van der Waals surface area contributed by atoms with Crippen molar-refractivity contribution in [1.82, 2.24) is 16.1 Å². The highest BCUT2D eigenvalue weighted by molar-refractivity contribution is 5.97. The van der Waals surface area contributed by atoms with Gasteiger partial charge in [-0.15, -0.1) is 0 Å². The zero-order valence-corrected chi connectivity index (χ0v) is 23.9. The number of hydroxylamine groups is 1. The number of carbonyl (C=O) groups is 4. The fourth-order valence-electron chi connectivity index (χ4n) is 3.91. The molecule has 8 N–H and O–H groups in total. The third-order valence-electron chi connectivity index (χ3n) is 5.99. The number of hydrogen-bond acceptors (Lipinski definition) is 9. The van der Waals surface area contributed by atoms with Crippen LogP contribution >= 0.6 is 0 Å². The van der Waals surface area contributed by atoms with Crippen molar-refractivity contribution in [3.63, 3.8) is 0 Å². The fourth-order valence-corrected chi connectivity index (χ4v) is 3.91. The third-order valence-corrected chi connectivity index (χ3v) is 5.99. The first-order valence-electron chi connectivity index (χ1n) is 13.7. The lowest BCUT2D eigenvalue weighted by Crippen LogP contribution is -2.54. The number of anilines is 1. The molecule has 0 fully saturated rings. The number of aliphatic hydroxyl groups is 1. The summed E-state index contributed by atoms with van der Waals surface area (Å²) in [6.07, 6.45) is -0.800. The van der Waals surface area contributed by atoms with E-state index in [0.717, 1.165) is 5.56 Å². The minimum atomic E-state index is -1.48. The molecule has 0 aliphatic rings. The van der Waals surface area contributed by atoms with Crippen molar-refractivity contribution in [2.24, 2.45) is 11.7 Å². The Bertz CT molecular complexity index is 1150. The molecule has 0 saturated heterocycles. The molecule has 3 atom stereocenters. The lowest BCUT2D eigenvalue weighted by Gasteiger charge is -2.24. The summed E-state index contributed by atoms with van der Waals surface area (Å²) in [7, 11) is 0. The molecule has 0 radical (unpaired) electrons. The summed E-state index contributed by atoms with van der Waals surface area (Å²) in [6.45, 7) is 4.24. The van der Waals surface area contributed by atoms with Gasteiger partial charge in [-0.1, -0.05) is 50.2 Å². The summed E-state index contributed by atoms with van der Waals surface area (Å²) >= 11 is 0. The van der Waals surface area contributed by atoms with Crippen LogP contribution in [0.25, 0.3) is 0 Å². The van der Waals surface area contributed by atoms with Crippen LogP contribution in [0.2, 0.25) is 0 Å². The van der Waals surface area contributed by atoms with E-state index in [1.54, 1.807) is 12.1 Å². The first kappa shape index (κ1) is 34.3. The molecule has 4 amide bonds. The fraction of sp³-hybridized carbons (Fsp3) is 0.448. The van der Waals surface area contributed by atoms with E-state index in [9.17, 15) is 24.3 Å². The zero-order chi connectivity index (χ0) is 30.9. The summed E-state index contributed by atoms with van der Waals surface area (Å²) in [4.78, 5) is 48.9. The Hall–Kier alpha value is -3.88. The molecule has 0 spiro atoms. The second-order valence-corrected chi connectivity index (χ2v) is 10.0. The molecule has 13 nitrogen and oxygen atoms in total. The van der Waals surface area contributed by atoms with Crippen LogP contribution in [0.15, 0.2) is 54.6 Å². The molecule has 230 valence electrons. The lowest BCUT2D eigenvalue weighted by molar-refractivity contribution is -0.135. The number of carbonyl (C=O) groups excluding carboxylic acids is 4. The maximum absolute atomic E-state index is 12.7. The topological polar surface area (TPSA) is 201 Å². The highest BCUT2D eigenvalue weighted by atomic mass is 16.5. The van der Waals surface area contributed by atoms with Crippen LogP contribution in [0, 0.1) is 5.92 Å². The predicted molar refractivity (Wildman–Crippen MR) is 154 cm³/mol. The van der Waals surface area contributed by atoms with Gasteiger partial charge in [-0.3, -0.25) is 24.4 Å². The van der Waals surface area contributed by atoms with Gasteiger partial charge in [-0.05, 0) is 42.5 Å². The number of rotatable bonds is 18. The van der Waals surface area contributed by atoms with Crippen LogP contribution in [0.4, 0.5) is 5.69 Å². The van der Waals surface area contributed by atoms with Crippen LogP contribution < -0.4 is 27.2 Å². The summed E-state index contributed by atoms with van der Waals surface area (Å²) in [6, 6.07) is 13.6. The normalized spacial score (nSPS) is 13.1. The van der Waals surface area contributed by atoms with Crippen LogP contribution in [0.1, 0.15) is 36.2 Å². The first-order valence-corrected chi connectivity index (χ1v) is 13.7. The second-order valence-electron chi connectivity index (χ2n) is 10.0. The van der Waals surface area contributed by atoms with Crippen molar-refractivity contribution in [3.05, 3.63) is 65.7 Å². The van der Waals surface area contributed by atoms with Crippen molar-refractivity contribution in [2.75, 3.05) is 38.3 Å². The van der Waals surface area contributed by atoms with Gasteiger partial charge in [0.1, 0.15) is 18.8 Å². The van der Waals surface area contributed by atoms with E-state index in [1.807, 2.05) is 44.2 Å². The third kappa shape index (κ3) is 12.7. The first-order chi connectivity index (χ1) is 20.1. The van der Waals surface area contributed by atoms with E-state index in [0.29, 0.717) is 18.5 Å². The predicted octanol–water partition coefficient (Wildman–Crippen LogP) is 0.355. The molecule has 0 bridgehead atoms. The van der Waals surface area contributed by atoms with Gasteiger partial charge in [0.25, 0.3) is 11.8 Å². The van der Waals surface area contributed by atoms with Gasteiger partial charge >= 0.3 is 0 Å². The van der Waals surface area contributed by atoms with E-state index in [1.165, 1.54) is 17.6 Å². The summed E-state index contributed by atoms with van der Waals surface area (Å²) in [5.74, 6) is -2.15. The number of ether oxygens (including phenoxy) is 2. The minimum absolute atomic E-state index is 0.103. The highest BCUT2D eigenvalue weighted by Gasteiger charge is 2.28.